The molecule has 2 aliphatic rings. The number of piperidine rings is 1. The Morgan fingerprint density at radius 3 is 2.62 bits per heavy atom. The maximum absolute atomic E-state index is 14.4. The summed E-state index contributed by atoms with van der Waals surface area (Å²) in [6.45, 7) is 7.93. The summed E-state index contributed by atoms with van der Waals surface area (Å²) in [7, 11) is -1.48. The number of rotatable bonds is 8. The number of pyridine rings is 1. The van der Waals surface area contributed by atoms with Crippen molar-refractivity contribution < 1.29 is 17.5 Å². The molecular formula is C28H37FN6O3S. The van der Waals surface area contributed by atoms with Crippen LogP contribution in [0.15, 0.2) is 36.7 Å². The van der Waals surface area contributed by atoms with Gasteiger partial charge in [-0.15, -0.1) is 0 Å². The quantitative estimate of drug-likeness (QED) is 0.435. The molecule has 39 heavy (non-hydrogen) atoms. The number of hydrogen-bond acceptors (Lipinski definition) is 9. The van der Waals surface area contributed by atoms with Crippen molar-refractivity contribution in [2.24, 2.45) is 5.92 Å². The highest BCUT2D eigenvalue weighted by Crippen LogP contribution is 2.39. The van der Waals surface area contributed by atoms with Crippen LogP contribution in [0, 0.1) is 5.92 Å². The Hall–Kier alpha value is -3.05. The molecule has 0 amide bonds. The molecule has 0 bridgehead atoms. The maximum Gasteiger partial charge on any atom is 0.227 e. The Balaban J connectivity index is 1.40. The van der Waals surface area contributed by atoms with Crippen LogP contribution in [0.3, 0.4) is 0 Å². The van der Waals surface area contributed by atoms with Crippen molar-refractivity contribution in [3.63, 3.8) is 0 Å². The Morgan fingerprint density at radius 2 is 1.95 bits per heavy atom. The molecule has 210 valence electrons. The highest BCUT2D eigenvalue weighted by Gasteiger charge is 2.38. The Kier molecular flexibility index (Phi) is 7.65. The fourth-order valence-electron chi connectivity index (χ4n) is 5.69. The number of halogens is 1. The smallest absolute Gasteiger partial charge is 0.227 e. The molecule has 2 saturated heterocycles. The predicted octanol–water partition coefficient (Wildman–Crippen LogP) is 4.32. The van der Waals surface area contributed by atoms with Crippen molar-refractivity contribution in [1.29, 1.82) is 0 Å². The van der Waals surface area contributed by atoms with Gasteiger partial charge in [0.25, 0.3) is 0 Å². The third kappa shape index (κ3) is 5.79. The molecule has 1 N–H and O–H groups in total. The standard InChI is InChI=1S/C28H37FN6O3S/c1-17(2)20-6-7-24(35-14-19(18(35)3)16-39(5,36)37)22-13-31-27(12-21(20)22)32-26-8-10-30-28(33-26)34-11-9-25(38-4)23(29)15-34/h6-8,10,12-13,17-19,23,25H,9,11,14-16H2,1-5H3,(H,30,31,32,33). The van der Waals surface area contributed by atoms with Gasteiger partial charge in [0.2, 0.25) is 5.95 Å². The van der Waals surface area contributed by atoms with E-state index < -0.39 is 22.1 Å². The van der Waals surface area contributed by atoms with Crippen LogP contribution in [-0.2, 0) is 14.6 Å². The van der Waals surface area contributed by atoms with Gasteiger partial charge in [-0.3, -0.25) is 0 Å². The van der Waals surface area contributed by atoms with Gasteiger partial charge in [-0.05, 0) is 48.4 Å². The molecule has 3 aromatic rings. The number of aromatic nitrogens is 3. The lowest BCUT2D eigenvalue weighted by atomic mass is 9.88. The number of nitrogens with zero attached hydrogens (tertiary/aromatic N) is 5. The van der Waals surface area contributed by atoms with E-state index in [0.29, 0.717) is 43.0 Å². The first kappa shape index (κ1) is 27.5. The highest BCUT2D eigenvalue weighted by atomic mass is 32.2. The van der Waals surface area contributed by atoms with Crippen molar-refractivity contribution in [3.05, 3.63) is 42.2 Å². The summed E-state index contributed by atoms with van der Waals surface area (Å²) in [6, 6.07) is 8.22. The van der Waals surface area contributed by atoms with Crippen molar-refractivity contribution in [2.45, 2.75) is 51.4 Å². The van der Waals surface area contributed by atoms with Crippen molar-refractivity contribution in [2.75, 3.05) is 53.9 Å². The average Bonchev–Trinajstić information content (AvgIpc) is 2.89. The first-order valence-corrected chi connectivity index (χ1v) is 15.5. The van der Waals surface area contributed by atoms with Crippen molar-refractivity contribution in [1.82, 2.24) is 15.0 Å². The number of fused-ring (bicyclic) bond motifs is 1. The Labute approximate surface area is 229 Å². The minimum absolute atomic E-state index is 0.119. The number of methoxy groups -OCH3 is 1. The van der Waals surface area contributed by atoms with Crippen LogP contribution >= 0.6 is 0 Å². The molecule has 0 saturated carbocycles. The lowest BCUT2D eigenvalue weighted by molar-refractivity contribution is 0.0194. The molecule has 11 heteroatoms. The van der Waals surface area contributed by atoms with Gasteiger partial charge in [0, 0.05) is 61.9 Å². The first-order valence-electron chi connectivity index (χ1n) is 13.4. The van der Waals surface area contributed by atoms with Crippen LogP contribution in [0.4, 0.5) is 27.7 Å². The largest absolute Gasteiger partial charge is 0.378 e. The Morgan fingerprint density at radius 1 is 1.15 bits per heavy atom. The average molecular weight is 557 g/mol. The van der Waals surface area contributed by atoms with E-state index in [4.69, 9.17) is 9.72 Å². The van der Waals surface area contributed by atoms with Gasteiger partial charge in [-0.1, -0.05) is 19.9 Å². The van der Waals surface area contributed by atoms with Crippen LogP contribution in [0.5, 0.6) is 0 Å². The van der Waals surface area contributed by atoms with Gasteiger partial charge in [0.15, 0.2) is 0 Å². The molecule has 4 heterocycles. The number of sulfone groups is 1. The molecular weight excluding hydrogens is 519 g/mol. The Bertz CT molecular complexity index is 1450. The van der Waals surface area contributed by atoms with Gasteiger partial charge >= 0.3 is 0 Å². The van der Waals surface area contributed by atoms with E-state index in [1.165, 1.54) is 18.9 Å². The topological polar surface area (TPSA) is 101 Å². The molecule has 2 aromatic heterocycles. The normalized spacial score (nSPS) is 23.8. The molecule has 0 spiro atoms. The number of anilines is 4. The minimum Gasteiger partial charge on any atom is -0.378 e. The third-order valence-corrected chi connectivity index (χ3v) is 8.96. The zero-order valence-electron chi connectivity index (χ0n) is 23.1. The summed E-state index contributed by atoms with van der Waals surface area (Å²) in [5.74, 6) is 2.33. The number of ether oxygens (including phenoxy) is 1. The zero-order chi connectivity index (χ0) is 27.9. The second-order valence-corrected chi connectivity index (χ2v) is 13.3. The second kappa shape index (κ2) is 10.8. The van der Waals surface area contributed by atoms with Gasteiger partial charge in [0.1, 0.15) is 27.6 Å². The predicted molar refractivity (Wildman–Crippen MR) is 154 cm³/mol. The van der Waals surface area contributed by atoms with Gasteiger partial charge < -0.3 is 19.9 Å². The molecule has 4 unspecified atom stereocenters. The van der Waals surface area contributed by atoms with Gasteiger partial charge in [-0.25, -0.2) is 22.8 Å². The number of benzene rings is 1. The zero-order valence-corrected chi connectivity index (χ0v) is 23.9. The fourth-order valence-corrected chi connectivity index (χ4v) is 6.85. The van der Waals surface area contributed by atoms with Crippen LogP contribution in [-0.4, -0.2) is 80.4 Å². The third-order valence-electron chi connectivity index (χ3n) is 7.93. The fraction of sp³-hybridized carbons (Fsp3) is 0.536. The molecule has 2 fully saturated rings. The first-order chi connectivity index (χ1) is 18.5. The van der Waals surface area contributed by atoms with Crippen LogP contribution in [0.25, 0.3) is 10.8 Å². The number of hydrogen-bond donors (Lipinski definition) is 1. The number of alkyl halides is 1. The van der Waals surface area contributed by atoms with Crippen LogP contribution < -0.4 is 15.1 Å². The lowest BCUT2D eigenvalue weighted by Crippen LogP contribution is -2.57. The summed E-state index contributed by atoms with van der Waals surface area (Å²) in [6.07, 6.45) is 3.93. The highest BCUT2D eigenvalue weighted by molar-refractivity contribution is 7.90. The lowest BCUT2D eigenvalue weighted by Gasteiger charge is -2.48. The second-order valence-electron chi connectivity index (χ2n) is 11.1. The van der Waals surface area contributed by atoms with E-state index in [9.17, 15) is 12.8 Å². The SMILES string of the molecule is COC1CCN(c2nccc(Nc3cc4c(C(C)C)ccc(N5CC(CS(C)(=O)=O)C5C)c4cn3)n2)CC1F. The molecule has 2 aliphatic heterocycles. The molecule has 5 rings (SSSR count). The van der Waals surface area contributed by atoms with Crippen molar-refractivity contribution >= 4 is 43.9 Å². The van der Waals surface area contributed by atoms with E-state index in [2.05, 4.69) is 53.1 Å². The summed E-state index contributed by atoms with van der Waals surface area (Å²) in [4.78, 5) is 17.8. The summed E-state index contributed by atoms with van der Waals surface area (Å²) < 4.78 is 43.3. The molecule has 9 nitrogen and oxygen atoms in total. The summed E-state index contributed by atoms with van der Waals surface area (Å²) in [5.41, 5.74) is 2.27. The van der Waals surface area contributed by atoms with Crippen LogP contribution in [0.2, 0.25) is 0 Å². The monoisotopic (exact) mass is 556 g/mol. The van der Waals surface area contributed by atoms with E-state index in [-0.39, 0.29) is 24.3 Å². The summed E-state index contributed by atoms with van der Waals surface area (Å²) >= 11 is 0. The van der Waals surface area contributed by atoms with E-state index in [1.54, 1.807) is 12.3 Å². The molecule has 0 aliphatic carbocycles. The molecule has 0 radical (unpaired) electrons. The maximum atomic E-state index is 14.4. The van der Waals surface area contributed by atoms with Gasteiger partial charge in [0.05, 0.1) is 18.4 Å². The minimum atomic E-state index is -3.02. The van der Waals surface area contributed by atoms with E-state index in [0.717, 1.165) is 16.5 Å². The van der Waals surface area contributed by atoms with Crippen molar-refractivity contribution in [3.8, 4) is 0 Å². The molecule has 1 aromatic carbocycles. The van der Waals surface area contributed by atoms with Crippen LogP contribution in [0.1, 0.15) is 38.7 Å². The number of nitrogens with one attached hydrogen (secondary N) is 1. The molecule has 4 atom stereocenters. The van der Waals surface area contributed by atoms with Gasteiger partial charge in [-0.2, -0.15) is 4.98 Å². The van der Waals surface area contributed by atoms with E-state index in [1.807, 2.05) is 17.2 Å². The van der Waals surface area contributed by atoms with E-state index >= 15 is 0 Å². The summed E-state index contributed by atoms with van der Waals surface area (Å²) in [5, 5.41) is 5.43.